The predicted octanol–water partition coefficient (Wildman–Crippen LogP) is 0.901. The van der Waals surface area contributed by atoms with Gasteiger partial charge in [-0.2, -0.15) is 15.0 Å². The largest absolute Gasteiger partial charge is 0.461 e. The fraction of sp³-hybridized carbons (Fsp3) is 0.769. The molecule has 0 bridgehead atoms. The Hall–Kier alpha value is -1.67. The minimum atomic E-state index is -0.00726. The maximum absolute atomic E-state index is 8.62. The number of aromatic nitrogens is 3. The van der Waals surface area contributed by atoms with Crippen LogP contribution in [0.2, 0.25) is 0 Å². The maximum Gasteiger partial charge on any atom is 0.323 e. The first-order valence-electron chi connectivity index (χ1n) is 7.24. The van der Waals surface area contributed by atoms with E-state index >= 15 is 0 Å². The van der Waals surface area contributed by atoms with E-state index in [0.29, 0.717) is 31.7 Å². The van der Waals surface area contributed by atoms with E-state index < -0.39 is 0 Å². The van der Waals surface area contributed by atoms with Gasteiger partial charge in [0.1, 0.15) is 0 Å². The van der Waals surface area contributed by atoms with Gasteiger partial charge in [0.15, 0.2) is 0 Å². The zero-order valence-electron chi connectivity index (χ0n) is 12.9. The Balaban J connectivity index is 2.62. The van der Waals surface area contributed by atoms with E-state index in [1.165, 1.54) is 0 Å². The van der Waals surface area contributed by atoms with Gasteiger partial charge < -0.3 is 25.2 Å². The average molecular weight is 299 g/mol. The van der Waals surface area contributed by atoms with Gasteiger partial charge in [0, 0.05) is 13.1 Å². The highest BCUT2D eigenvalue weighted by Gasteiger charge is 2.08. The second-order valence-corrected chi connectivity index (χ2v) is 4.62. The Morgan fingerprint density at radius 2 is 1.71 bits per heavy atom. The van der Waals surface area contributed by atoms with Crippen LogP contribution in [0.15, 0.2) is 0 Å². The van der Waals surface area contributed by atoms with Crippen LogP contribution in [0.1, 0.15) is 27.2 Å². The molecular weight excluding hydrogens is 274 g/mol. The molecule has 3 N–H and O–H groups in total. The topological polar surface area (TPSA) is 101 Å². The van der Waals surface area contributed by atoms with Crippen molar-refractivity contribution in [3.05, 3.63) is 0 Å². The summed E-state index contributed by atoms with van der Waals surface area (Å²) in [6.07, 6.45) is 0.969. The highest BCUT2D eigenvalue weighted by atomic mass is 16.5. The van der Waals surface area contributed by atoms with Crippen LogP contribution < -0.4 is 15.4 Å². The molecule has 0 radical (unpaired) electrons. The standard InChI is InChI=1S/C13H25N5O3/c1-4-5-14-11-16-12(15-6-8-20-9-7-19)18-13(17-11)21-10(2)3/h10,19H,4-9H2,1-3H3,(H2,14,15,16,17,18). The quantitative estimate of drug-likeness (QED) is 0.518. The molecule has 1 heterocycles. The maximum atomic E-state index is 8.62. The summed E-state index contributed by atoms with van der Waals surface area (Å²) in [5.74, 6) is 0.924. The molecule has 0 spiro atoms. The molecule has 0 unspecified atom stereocenters. The summed E-state index contributed by atoms with van der Waals surface area (Å²) in [5, 5.41) is 14.8. The lowest BCUT2D eigenvalue weighted by Crippen LogP contribution is -2.16. The number of ether oxygens (including phenoxy) is 2. The molecular formula is C13H25N5O3. The normalized spacial score (nSPS) is 10.7. The summed E-state index contributed by atoms with van der Waals surface area (Å²) in [6.45, 7) is 8.02. The van der Waals surface area contributed by atoms with Gasteiger partial charge in [-0.05, 0) is 20.3 Å². The van der Waals surface area contributed by atoms with Gasteiger partial charge in [0.05, 0.1) is 25.9 Å². The Bertz CT molecular complexity index is 403. The Kier molecular flexibility index (Phi) is 8.37. The molecule has 21 heavy (non-hydrogen) atoms. The molecule has 1 aromatic heterocycles. The summed E-state index contributed by atoms with van der Waals surface area (Å²) < 4.78 is 10.7. The molecule has 8 heteroatoms. The van der Waals surface area contributed by atoms with Crippen molar-refractivity contribution in [2.75, 3.05) is 43.5 Å². The molecule has 1 rings (SSSR count). The number of hydrogen-bond acceptors (Lipinski definition) is 8. The molecule has 0 aliphatic heterocycles. The smallest absolute Gasteiger partial charge is 0.323 e. The molecule has 0 atom stereocenters. The highest BCUT2D eigenvalue weighted by Crippen LogP contribution is 2.12. The van der Waals surface area contributed by atoms with Gasteiger partial charge in [-0.1, -0.05) is 6.92 Å². The van der Waals surface area contributed by atoms with E-state index in [2.05, 4.69) is 32.5 Å². The van der Waals surface area contributed by atoms with Gasteiger partial charge in [0.2, 0.25) is 11.9 Å². The van der Waals surface area contributed by atoms with Crippen molar-refractivity contribution in [1.82, 2.24) is 15.0 Å². The van der Waals surface area contributed by atoms with E-state index in [9.17, 15) is 0 Å². The van der Waals surface area contributed by atoms with Crippen LogP contribution in [0.5, 0.6) is 6.01 Å². The van der Waals surface area contributed by atoms with E-state index in [0.717, 1.165) is 13.0 Å². The van der Waals surface area contributed by atoms with Crippen molar-refractivity contribution in [3.8, 4) is 6.01 Å². The number of aliphatic hydroxyl groups excluding tert-OH is 1. The lowest BCUT2D eigenvalue weighted by atomic mass is 10.5. The molecule has 8 nitrogen and oxygen atoms in total. The van der Waals surface area contributed by atoms with E-state index in [1.807, 2.05) is 13.8 Å². The number of anilines is 2. The van der Waals surface area contributed by atoms with Gasteiger partial charge in [0.25, 0.3) is 0 Å². The molecule has 1 aromatic rings. The monoisotopic (exact) mass is 299 g/mol. The molecule has 0 saturated heterocycles. The summed E-state index contributed by atoms with van der Waals surface area (Å²) in [7, 11) is 0. The third-order valence-corrected chi connectivity index (χ3v) is 2.25. The molecule has 0 aliphatic rings. The number of aliphatic hydroxyl groups is 1. The van der Waals surface area contributed by atoms with Crippen molar-refractivity contribution < 1.29 is 14.6 Å². The van der Waals surface area contributed by atoms with E-state index in [-0.39, 0.29) is 18.7 Å². The van der Waals surface area contributed by atoms with Crippen molar-refractivity contribution in [2.45, 2.75) is 33.3 Å². The summed E-state index contributed by atoms with van der Waals surface area (Å²) in [6, 6.07) is 0.289. The fourth-order valence-electron chi connectivity index (χ4n) is 1.42. The molecule has 0 aromatic carbocycles. The number of nitrogens with one attached hydrogen (secondary N) is 2. The molecule has 120 valence electrons. The Morgan fingerprint density at radius 1 is 1.05 bits per heavy atom. The average Bonchev–Trinajstić information content (AvgIpc) is 2.44. The van der Waals surface area contributed by atoms with Crippen LogP contribution in [0, 0.1) is 0 Å². The first kappa shape index (κ1) is 17.4. The first-order chi connectivity index (χ1) is 10.2. The minimum Gasteiger partial charge on any atom is -0.461 e. The van der Waals surface area contributed by atoms with Crippen LogP contribution in [0.25, 0.3) is 0 Å². The summed E-state index contributed by atoms with van der Waals surface area (Å²) >= 11 is 0. The van der Waals surface area contributed by atoms with Crippen LogP contribution >= 0.6 is 0 Å². The summed E-state index contributed by atoms with van der Waals surface area (Å²) in [5.41, 5.74) is 0. The fourth-order valence-corrected chi connectivity index (χ4v) is 1.42. The molecule has 0 saturated carbocycles. The highest BCUT2D eigenvalue weighted by molar-refractivity contribution is 5.35. The first-order valence-corrected chi connectivity index (χ1v) is 7.24. The van der Waals surface area contributed by atoms with Crippen LogP contribution in [0.3, 0.4) is 0 Å². The number of rotatable bonds is 11. The van der Waals surface area contributed by atoms with Gasteiger partial charge in [-0.3, -0.25) is 0 Å². The summed E-state index contributed by atoms with van der Waals surface area (Å²) in [4.78, 5) is 12.7. The van der Waals surface area contributed by atoms with Crippen LogP contribution in [-0.4, -0.2) is 59.1 Å². The van der Waals surface area contributed by atoms with E-state index in [4.69, 9.17) is 14.6 Å². The molecule has 0 fully saturated rings. The SMILES string of the molecule is CCCNc1nc(NCCOCCO)nc(OC(C)C)n1. The number of hydrogen-bond donors (Lipinski definition) is 3. The predicted molar refractivity (Wildman–Crippen MR) is 80.8 cm³/mol. The van der Waals surface area contributed by atoms with Gasteiger partial charge in [-0.15, -0.1) is 0 Å². The van der Waals surface area contributed by atoms with E-state index in [1.54, 1.807) is 0 Å². The molecule has 0 aliphatic carbocycles. The van der Waals surface area contributed by atoms with Crippen molar-refractivity contribution in [1.29, 1.82) is 0 Å². The lowest BCUT2D eigenvalue weighted by Gasteiger charge is -2.12. The number of nitrogens with zero attached hydrogens (tertiary/aromatic N) is 3. The Labute approximate surface area is 125 Å². The Morgan fingerprint density at radius 3 is 2.29 bits per heavy atom. The van der Waals surface area contributed by atoms with Crippen LogP contribution in [0.4, 0.5) is 11.9 Å². The third-order valence-electron chi connectivity index (χ3n) is 2.25. The zero-order valence-corrected chi connectivity index (χ0v) is 12.9. The third kappa shape index (κ3) is 7.62. The minimum absolute atomic E-state index is 0.00726. The second kappa shape index (κ2) is 10.1. The van der Waals surface area contributed by atoms with Gasteiger partial charge in [-0.25, -0.2) is 0 Å². The van der Waals surface area contributed by atoms with Crippen molar-refractivity contribution in [3.63, 3.8) is 0 Å². The zero-order chi connectivity index (χ0) is 15.5. The van der Waals surface area contributed by atoms with Crippen molar-refractivity contribution in [2.24, 2.45) is 0 Å². The molecule has 0 amide bonds. The van der Waals surface area contributed by atoms with Gasteiger partial charge >= 0.3 is 6.01 Å². The lowest BCUT2D eigenvalue weighted by molar-refractivity contribution is 0.0991. The van der Waals surface area contributed by atoms with Crippen LogP contribution in [-0.2, 0) is 4.74 Å². The second-order valence-electron chi connectivity index (χ2n) is 4.62. The van der Waals surface area contributed by atoms with Crippen molar-refractivity contribution >= 4 is 11.9 Å².